The van der Waals surface area contributed by atoms with E-state index in [0.717, 1.165) is 26.1 Å². The summed E-state index contributed by atoms with van der Waals surface area (Å²) in [5.41, 5.74) is 1.27. The number of nitrogens with one attached hydrogen (secondary N) is 1. The lowest BCUT2D eigenvalue weighted by atomic mass is 10.0. The number of piperidine rings is 1. The van der Waals surface area contributed by atoms with Crippen molar-refractivity contribution in [2.24, 2.45) is 0 Å². The molecule has 1 aliphatic heterocycles. The van der Waals surface area contributed by atoms with Crippen LogP contribution in [0.3, 0.4) is 0 Å². The second kappa shape index (κ2) is 6.57. The summed E-state index contributed by atoms with van der Waals surface area (Å²) < 4.78 is 0. The van der Waals surface area contributed by atoms with Gasteiger partial charge in [-0.15, -0.1) is 0 Å². The van der Waals surface area contributed by atoms with Gasteiger partial charge in [-0.1, -0.05) is 0 Å². The molecule has 2 heterocycles. The summed E-state index contributed by atoms with van der Waals surface area (Å²) in [4.78, 5) is 6.45. The normalized spacial score (nSPS) is 17.4. The smallest absolute Gasteiger partial charge is 0.0443 e. The molecule has 2 N–H and O–H groups in total. The zero-order valence-corrected chi connectivity index (χ0v) is 10.2. The van der Waals surface area contributed by atoms with Gasteiger partial charge in [-0.25, -0.2) is 0 Å². The molecule has 0 aromatic carbocycles. The Labute approximate surface area is 103 Å². The fourth-order valence-corrected chi connectivity index (χ4v) is 2.28. The second-order valence-corrected chi connectivity index (χ2v) is 4.50. The van der Waals surface area contributed by atoms with Crippen molar-refractivity contribution in [3.8, 4) is 0 Å². The van der Waals surface area contributed by atoms with Gasteiger partial charge in [0, 0.05) is 43.8 Å². The minimum atomic E-state index is 0.281. The van der Waals surface area contributed by atoms with Gasteiger partial charge in [0.05, 0.1) is 0 Å². The van der Waals surface area contributed by atoms with Crippen LogP contribution in [0.1, 0.15) is 19.3 Å². The first kappa shape index (κ1) is 12.3. The molecule has 0 saturated carbocycles. The van der Waals surface area contributed by atoms with Crippen LogP contribution in [0.5, 0.6) is 0 Å². The van der Waals surface area contributed by atoms with Crippen LogP contribution in [0, 0.1) is 0 Å². The Morgan fingerprint density at radius 3 is 2.65 bits per heavy atom. The van der Waals surface area contributed by atoms with Crippen LogP contribution in [0.2, 0.25) is 0 Å². The number of hydrogen-bond donors (Lipinski definition) is 2. The summed E-state index contributed by atoms with van der Waals surface area (Å²) in [5.74, 6) is 0. The topological polar surface area (TPSA) is 48.4 Å². The Morgan fingerprint density at radius 1 is 1.29 bits per heavy atom. The maximum absolute atomic E-state index is 8.73. The molecule has 1 aromatic heterocycles. The molecule has 0 atom stereocenters. The van der Waals surface area contributed by atoms with Crippen LogP contribution in [0.15, 0.2) is 24.5 Å². The molecule has 0 amide bonds. The zero-order valence-electron chi connectivity index (χ0n) is 10.2. The molecule has 0 bridgehead atoms. The summed E-state index contributed by atoms with van der Waals surface area (Å²) in [7, 11) is 0. The third-order valence-corrected chi connectivity index (χ3v) is 3.29. The van der Waals surface area contributed by atoms with Gasteiger partial charge in [0.25, 0.3) is 0 Å². The number of nitrogens with zero attached hydrogens (tertiary/aromatic N) is 2. The SMILES string of the molecule is OCCCNC1CCN(c2ccncc2)CC1. The van der Waals surface area contributed by atoms with Crippen molar-refractivity contribution in [1.82, 2.24) is 10.3 Å². The Morgan fingerprint density at radius 2 is 2.00 bits per heavy atom. The predicted octanol–water partition coefficient (Wildman–Crippen LogP) is 1.02. The van der Waals surface area contributed by atoms with Gasteiger partial charge < -0.3 is 15.3 Å². The molecule has 4 heteroatoms. The van der Waals surface area contributed by atoms with Gasteiger partial charge in [-0.2, -0.15) is 0 Å². The van der Waals surface area contributed by atoms with Crippen LogP contribution in [-0.4, -0.2) is 42.4 Å². The highest BCUT2D eigenvalue weighted by Crippen LogP contribution is 2.18. The quantitative estimate of drug-likeness (QED) is 0.748. The molecule has 1 saturated heterocycles. The highest BCUT2D eigenvalue weighted by molar-refractivity contribution is 5.44. The van der Waals surface area contributed by atoms with Gasteiger partial charge in [0.1, 0.15) is 0 Å². The largest absolute Gasteiger partial charge is 0.396 e. The Hall–Kier alpha value is -1.13. The molecule has 1 fully saturated rings. The first-order chi connectivity index (χ1) is 8.40. The monoisotopic (exact) mass is 235 g/mol. The highest BCUT2D eigenvalue weighted by Gasteiger charge is 2.18. The number of anilines is 1. The molecule has 0 unspecified atom stereocenters. The van der Waals surface area contributed by atoms with E-state index in [0.29, 0.717) is 6.04 Å². The van der Waals surface area contributed by atoms with Crippen LogP contribution >= 0.6 is 0 Å². The number of rotatable bonds is 5. The first-order valence-corrected chi connectivity index (χ1v) is 6.39. The van der Waals surface area contributed by atoms with Gasteiger partial charge in [0.15, 0.2) is 0 Å². The van der Waals surface area contributed by atoms with Crippen molar-refractivity contribution in [3.63, 3.8) is 0 Å². The highest BCUT2D eigenvalue weighted by atomic mass is 16.3. The van der Waals surface area contributed by atoms with Crippen LogP contribution in [0.25, 0.3) is 0 Å². The van der Waals surface area contributed by atoms with E-state index in [4.69, 9.17) is 5.11 Å². The standard InChI is InChI=1S/C13H21N3O/c17-11-1-6-15-12-4-9-16(10-5-12)13-2-7-14-8-3-13/h2-3,7-8,12,15,17H,1,4-6,9-11H2. The lowest BCUT2D eigenvalue weighted by Gasteiger charge is -2.34. The molecule has 0 aliphatic carbocycles. The van der Waals surface area contributed by atoms with Crippen molar-refractivity contribution >= 4 is 5.69 Å². The van der Waals surface area contributed by atoms with Crippen LogP contribution in [-0.2, 0) is 0 Å². The Kier molecular flexibility index (Phi) is 4.76. The molecular weight excluding hydrogens is 214 g/mol. The Bertz CT molecular complexity index is 310. The molecule has 1 aliphatic rings. The van der Waals surface area contributed by atoms with Crippen molar-refractivity contribution in [2.75, 3.05) is 31.1 Å². The molecule has 4 nitrogen and oxygen atoms in total. The van der Waals surface area contributed by atoms with E-state index in [1.165, 1.54) is 18.5 Å². The molecule has 0 radical (unpaired) electrons. The maximum Gasteiger partial charge on any atom is 0.0443 e. The fourth-order valence-electron chi connectivity index (χ4n) is 2.28. The molecule has 0 spiro atoms. The van der Waals surface area contributed by atoms with E-state index in [2.05, 4.69) is 27.3 Å². The predicted molar refractivity (Wildman–Crippen MR) is 69.2 cm³/mol. The number of aliphatic hydroxyl groups is 1. The summed E-state index contributed by atoms with van der Waals surface area (Å²) >= 11 is 0. The van der Waals surface area contributed by atoms with E-state index in [9.17, 15) is 0 Å². The lowest BCUT2D eigenvalue weighted by molar-refractivity contribution is 0.280. The van der Waals surface area contributed by atoms with Crippen molar-refractivity contribution in [3.05, 3.63) is 24.5 Å². The fraction of sp³-hybridized carbons (Fsp3) is 0.615. The number of hydrogen-bond acceptors (Lipinski definition) is 4. The van der Waals surface area contributed by atoms with E-state index >= 15 is 0 Å². The first-order valence-electron chi connectivity index (χ1n) is 6.39. The molecular formula is C13H21N3O. The van der Waals surface area contributed by atoms with E-state index in [1.807, 2.05) is 12.4 Å². The lowest BCUT2D eigenvalue weighted by Crippen LogP contribution is -2.42. The number of aliphatic hydroxyl groups excluding tert-OH is 1. The third kappa shape index (κ3) is 3.68. The van der Waals surface area contributed by atoms with Gasteiger partial charge in [-0.3, -0.25) is 4.98 Å². The maximum atomic E-state index is 8.73. The summed E-state index contributed by atoms with van der Waals surface area (Å²) in [6.45, 7) is 3.40. The average Bonchev–Trinajstić information content (AvgIpc) is 2.41. The molecule has 94 valence electrons. The Balaban J connectivity index is 1.74. The summed E-state index contributed by atoms with van der Waals surface area (Å²) in [6.07, 6.45) is 6.90. The van der Waals surface area contributed by atoms with Crippen molar-refractivity contribution in [1.29, 1.82) is 0 Å². The van der Waals surface area contributed by atoms with Crippen LogP contribution in [0.4, 0.5) is 5.69 Å². The minimum absolute atomic E-state index is 0.281. The zero-order chi connectivity index (χ0) is 11.9. The second-order valence-electron chi connectivity index (χ2n) is 4.50. The van der Waals surface area contributed by atoms with Gasteiger partial charge in [-0.05, 0) is 37.9 Å². The minimum Gasteiger partial charge on any atom is -0.396 e. The third-order valence-electron chi connectivity index (χ3n) is 3.29. The van der Waals surface area contributed by atoms with Crippen molar-refractivity contribution in [2.45, 2.75) is 25.3 Å². The number of pyridine rings is 1. The molecule has 2 rings (SSSR count). The average molecular weight is 235 g/mol. The summed E-state index contributed by atoms with van der Waals surface area (Å²) in [5, 5.41) is 12.2. The summed E-state index contributed by atoms with van der Waals surface area (Å²) in [6, 6.07) is 4.75. The van der Waals surface area contributed by atoms with Gasteiger partial charge >= 0.3 is 0 Å². The van der Waals surface area contributed by atoms with E-state index in [1.54, 1.807) is 0 Å². The van der Waals surface area contributed by atoms with Gasteiger partial charge in [0.2, 0.25) is 0 Å². The number of aromatic nitrogens is 1. The van der Waals surface area contributed by atoms with Crippen molar-refractivity contribution < 1.29 is 5.11 Å². The van der Waals surface area contributed by atoms with E-state index in [-0.39, 0.29) is 6.61 Å². The van der Waals surface area contributed by atoms with Crippen LogP contribution < -0.4 is 10.2 Å². The molecule has 1 aromatic rings. The van der Waals surface area contributed by atoms with E-state index < -0.39 is 0 Å². The molecule has 17 heavy (non-hydrogen) atoms.